The number of nitrogens with zero attached hydrogens (tertiary/aromatic N) is 2. The minimum absolute atomic E-state index is 0. The van der Waals surface area contributed by atoms with E-state index in [4.69, 9.17) is 10.3 Å². The van der Waals surface area contributed by atoms with Crippen molar-refractivity contribution in [1.29, 1.82) is 0 Å². The van der Waals surface area contributed by atoms with Gasteiger partial charge in [0.1, 0.15) is 5.54 Å². The molecule has 6 nitrogen and oxygen atoms in total. The zero-order valence-electron chi connectivity index (χ0n) is 11.1. The van der Waals surface area contributed by atoms with Crippen LogP contribution in [0.2, 0.25) is 0 Å². The second-order valence-corrected chi connectivity index (χ2v) is 4.87. The average Bonchev–Trinajstić information content (AvgIpc) is 2.96. The minimum Gasteiger partial charge on any atom is -0.343 e. The Morgan fingerprint density at radius 2 is 2.16 bits per heavy atom. The van der Waals surface area contributed by atoms with Gasteiger partial charge >= 0.3 is 0 Å². The van der Waals surface area contributed by atoms with Gasteiger partial charge in [-0.05, 0) is 25.8 Å². The maximum absolute atomic E-state index is 11.9. The molecule has 2 rings (SSSR count). The first-order chi connectivity index (χ1) is 8.66. The maximum Gasteiger partial charge on any atom is 0.223 e. The van der Waals surface area contributed by atoms with E-state index in [9.17, 15) is 4.79 Å². The van der Waals surface area contributed by atoms with Crippen molar-refractivity contribution in [3.8, 4) is 0 Å². The molecule has 1 aliphatic carbocycles. The normalized spacial score (nSPS) is 16.9. The topological polar surface area (TPSA) is 94.0 Å². The van der Waals surface area contributed by atoms with Crippen molar-refractivity contribution in [1.82, 2.24) is 15.5 Å². The van der Waals surface area contributed by atoms with E-state index in [1.165, 1.54) is 0 Å². The van der Waals surface area contributed by atoms with Crippen molar-refractivity contribution in [3.05, 3.63) is 11.7 Å². The Morgan fingerprint density at radius 3 is 2.68 bits per heavy atom. The molecule has 1 aromatic rings. The van der Waals surface area contributed by atoms with Crippen LogP contribution in [0.25, 0.3) is 0 Å². The molecule has 0 aliphatic heterocycles. The van der Waals surface area contributed by atoms with Crippen LogP contribution in [0.3, 0.4) is 0 Å². The van der Waals surface area contributed by atoms with E-state index < -0.39 is 5.54 Å². The number of hydrogen-bond acceptors (Lipinski definition) is 5. The molecule has 1 aliphatic rings. The number of aryl methyl sites for hydroxylation is 1. The van der Waals surface area contributed by atoms with Gasteiger partial charge in [0.05, 0.1) is 0 Å². The summed E-state index contributed by atoms with van der Waals surface area (Å²) in [6.45, 7) is 2.29. The Balaban J connectivity index is 0.00000180. The van der Waals surface area contributed by atoms with Gasteiger partial charge in [-0.2, -0.15) is 4.98 Å². The summed E-state index contributed by atoms with van der Waals surface area (Å²) in [5.41, 5.74) is 4.99. The zero-order valence-corrected chi connectivity index (χ0v) is 12.0. The Morgan fingerprint density at radius 1 is 1.47 bits per heavy atom. The summed E-state index contributed by atoms with van der Waals surface area (Å²) in [7, 11) is 0. The number of aromatic nitrogens is 2. The number of hydrogen-bond donors (Lipinski definition) is 2. The number of nitrogens with two attached hydrogens (primary N) is 1. The lowest BCUT2D eigenvalue weighted by atomic mass is 9.96. The highest BCUT2D eigenvalue weighted by Crippen LogP contribution is 2.37. The Labute approximate surface area is 118 Å². The highest BCUT2D eigenvalue weighted by atomic mass is 35.5. The van der Waals surface area contributed by atoms with Gasteiger partial charge in [0.2, 0.25) is 11.8 Å². The summed E-state index contributed by atoms with van der Waals surface area (Å²) in [5.74, 6) is 1.16. The third-order valence-electron chi connectivity index (χ3n) is 3.40. The standard InChI is InChI=1S/C12H20N4O2.ClH/c1-9-14-11(16-18-9)12(6-2-3-7-12)15-10(17)5-4-8-13;/h2-8,13H2,1H3,(H,15,17);1H. The van der Waals surface area contributed by atoms with Crippen molar-refractivity contribution in [2.24, 2.45) is 5.73 Å². The first-order valence-electron chi connectivity index (χ1n) is 6.48. The van der Waals surface area contributed by atoms with Crippen LogP contribution in [0.1, 0.15) is 50.2 Å². The molecule has 1 saturated carbocycles. The van der Waals surface area contributed by atoms with Crippen LogP contribution in [0.4, 0.5) is 0 Å². The lowest BCUT2D eigenvalue weighted by Gasteiger charge is -2.26. The van der Waals surface area contributed by atoms with E-state index in [0.29, 0.717) is 31.1 Å². The predicted octanol–water partition coefficient (Wildman–Crippen LogP) is 1.42. The second kappa shape index (κ2) is 6.86. The van der Waals surface area contributed by atoms with Gasteiger partial charge in [0, 0.05) is 13.3 Å². The van der Waals surface area contributed by atoms with E-state index >= 15 is 0 Å². The fraction of sp³-hybridized carbons (Fsp3) is 0.750. The van der Waals surface area contributed by atoms with Crippen molar-refractivity contribution in [2.45, 2.75) is 51.0 Å². The molecule has 0 atom stereocenters. The summed E-state index contributed by atoms with van der Waals surface area (Å²) in [6, 6.07) is 0. The Bertz CT molecular complexity index is 416. The number of carbonyl (C=O) groups is 1. The van der Waals surface area contributed by atoms with E-state index in [-0.39, 0.29) is 18.3 Å². The van der Waals surface area contributed by atoms with Crippen LogP contribution in [-0.4, -0.2) is 22.6 Å². The van der Waals surface area contributed by atoms with Crippen molar-refractivity contribution < 1.29 is 9.32 Å². The third kappa shape index (κ3) is 3.67. The maximum atomic E-state index is 11.9. The summed E-state index contributed by atoms with van der Waals surface area (Å²) < 4.78 is 5.03. The molecular weight excluding hydrogens is 268 g/mol. The van der Waals surface area contributed by atoms with Crippen molar-refractivity contribution in [3.63, 3.8) is 0 Å². The van der Waals surface area contributed by atoms with Gasteiger partial charge in [-0.25, -0.2) is 0 Å². The van der Waals surface area contributed by atoms with Crippen molar-refractivity contribution in [2.75, 3.05) is 6.54 Å². The molecule has 19 heavy (non-hydrogen) atoms. The van der Waals surface area contributed by atoms with Crippen LogP contribution in [-0.2, 0) is 10.3 Å². The first kappa shape index (κ1) is 15.9. The molecule has 0 saturated heterocycles. The Hall–Kier alpha value is -1.14. The zero-order chi connectivity index (χ0) is 13.0. The van der Waals surface area contributed by atoms with Crippen LogP contribution >= 0.6 is 12.4 Å². The largest absolute Gasteiger partial charge is 0.343 e. The molecule has 3 N–H and O–H groups in total. The molecule has 0 radical (unpaired) electrons. The monoisotopic (exact) mass is 288 g/mol. The summed E-state index contributed by atoms with van der Waals surface area (Å²) in [6.07, 6.45) is 5.05. The summed E-state index contributed by atoms with van der Waals surface area (Å²) >= 11 is 0. The van der Waals surface area contributed by atoms with Gasteiger partial charge in [0.25, 0.3) is 0 Å². The first-order valence-corrected chi connectivity index (χ1v) is 6.48. The van der Waals surface area contributed by atoms with E-state index in [0.717, 1.165) is 25.7 Å². The summed E-state index contributed by atoms with van der Waals surface area (Å²) in [4.78, 5) is 16.2. The van der Waals surface area contributed by atoms with E-state index in [2.05, 4.69) is 15.5 Å². The van der Waals surface area contributed by atoms with Gasteiger partial charge < -0.3 is 15.6 Å². The van der Waals surface area contributed by atoms with Crippen molar-refractivity contribution >= 4 is 18.3 Å². The molecule has 1 fully saturated rings. The van der Waals surface area contributed by atoms with Crippen LogP contribution in [0.5, 0.6) is 0 Å². The molecule has 0 aromatic carbocycles. The SMILES string of the molecule is Cc1nc(C2(NC(=O)CCCN)CCCC2)no1.Cl. The minimum atomic E-state index is -0.427. The van der Waals surface area contributed by atoms with Crippen LogP contribution in [0, 0.1) is 6.92 Å². The number of nitrogens with one attached hydrogen (secondary N) is 1. The smallest absolute Gasteiger partial charge is 0.223 e. The third-order valence-corrected chi connectivity index (χ3v) is 3.40. The van der Waals surface area contributed by atoms with E-state index in [1.807, 2.05) is 0 Å². The molecule has 108 valence electrons. The molecule has 1 amide bonds. The quantitative estimate of drug-likeness (QED) is 0.854. The molecule has 1 aromatic heterocycles. The van der Waals surface area contributed by atoms with Crippen LogP contribution in [0.15, 0.2) is 4.52 Å². The highest BCUT2D eigenvalue weighted by Gasteiger charge is 2.40. The molecular formula is C12H21ClN4O2. The van der Waals surface area contributed by atoms with Gasteiger partial charge in [-0.1, -0.05) is 18.0 Å². The predicted molar refractivity (Wildman–Crippen MR) is 72.9 cm³/mol. The van der Waals surface area contributed by atoms with Gasteiger partial charge in [-0.3, -0.25) is 4.79 Å². The lowest BCUT2D eigenvalue weighted by Crippen LogP contribution is -2.44. The van der Waals surface area contributed by atoms with E-state index in [1.54, 1.807) is 6.92 Å². The number of carbonyl (C=O) groups excluding carboxylic acids is 1. The average molecular weight is 289 g/mol. The molecule has 0 unspecified atom stereocenters. The van der Waals surface area contributed by atoms with Crippen LogP contribution < -0.4 is 11.1 Å². The second-order valence-electron chi connectivity index (χ2n) is 4.87. The molecule has 1 heterocycles. The summed E-state index contributed by atoms with van der Waals surface area (Å²) in [5, 5.41) is 7.06. The number of rotatable bonds is 5. The number of amides is 1. The fourth-order valence-corrected chi connectivity index (χ4v) is 2.47. The number of halogens is 1. The molecule has 7 heteroatoms. The fourth-order valence-electron chi connectivity index (χ4n) is 2.47. The van der Waals surface area contributed by atoms with Gasteiger partial charge in [-0.15, -0.1) is 12.4 Å². The lowest BCUT2D eigenvalue weighted by molar-refractivity contribution is -0.123. The van der Waals surface area contributed by atoms with Gasteiger partial charge in [0.15, 0.2) is 5.82 Å². The molecule has 0 spiro atoms. The highest BCUT2D eigenvalue weighted by molar-refractivity contribution is 5.85. The molecule has 0 bridgehead atoms. The Kier molecular flexibility index (Phi) is 5.75.